The van der Waals surface area contributed by atoms with Crippen molar-refractivity contribution in [2.45, 2.75) is 25.3 Å². The van der Waals surface area contributed by atoms with Crippen molar-refractivity contribution in [3.63, 3.8) is 0 Å². The molecule has 0 aliphatic rings. The highest BCUT2D eigenvalue weighted by Crippen LogP contribution is 2.25. The van der Waals surface area contributed by atoms with Crippen LogP contribution in [0.15, 0.2) is 12.1 Å². The lowest BCUT2D eigenvalue weighted by Crippen LogP contribution is -2.11. The minimum absolute atomic E-state index is 0.353. The van der Waals surface area contributed by atoms with Crippen molar-refractivity contribution in [1.29, 1.82) is 0 Å². The van der Waals surface area contributed by atoms with Gasteiger partial charge in [-0.05, 0) is 13.0 Å². The second-order valence-corrected chi connectivity index (χ2v) is 4.44. The molecule has 0 saturated carbocycles. The lowest BCUT2D eigenvalue weighted by atomic mass is 10.4. The molecule has 2 aromatic heterocycles. The molecule has 1 atom stereocenters. The molecule has 0 fully saturated rings. The molecule has 0 N–H and O–H groups in total. The number of fused-ring (bicyclic) bond motifs is 1. The number of ether oxygens (including phenoxy) is 1. The zero-order chi connectivity index (χ0) is 13.3. The highest BCUT2D eigenvalue weighted by atomic mass is 35.5. The van der Waals surface area contributed by atoms with Crippen LogP contribution in [0.5, 0.6) is 5.88 Å². The fourth-order valence-corrected chi connectivity index (χ4v) is 1.90. The summed E-state index contributed by atoms with van der Waals surface area (Å²) in [4.78, 5) is 8.36. The van der Waals surface area contributed by atoms with E-state index in [4.69, 9.17) is 16.3 Å². The van der Waals surface area contributed by atoms with E-state index < -0.39 is 18.3 Å². The standard InChI is InChI=1S/C11H12ClF2N3O/c1-6(12)10-15-7-3-4-9(18-2)16-11(7)17(10)5-8(13)14/h3-4,6,8H,5H2,1-2H3. The average Bonchev–Trinajstić information content (AvgIpc) is 2.67. The molecule has 0 aromatic carbocycles. The molecule has 0 saturated heterocycles. The number of methoxy groups -OCH3 is 1. The Balaban J connectivity index is 2.62. The van der Waals surface area contributed by atoms with E-state index in [2.05, 4.69) is 9.97 Å². The Morgan fingerprint density at radius 3 is 2.67 bits per heavy atom. The Hall–Kier alpha value is -1.43. The molecule has 18 heavy (non-hydrogen) atoms. The Kier molecular flexibility index (Phi) is 3.65. The summed E-state index contributed by atoms with van der Waals surface area (Å²) in [5.41, 5.74) is 0.885. The first-order valence-electron chi connectivity index (χ1n) is 5.36. The Bertz CT molecular complexity index is 556. The van der Waals surface area contributed by atoms with E-state index in [-0.39, 0.29) is 0 Å². The summed E-state index contributed by atoms with van der Waals surface area (Å²) in [6, 6.07) is 3.30. The van der Waals surface area contributed by atoms with E-state index >= 15 is 0 Å². The van der Waals surface area contributed by atoms with Gasteiger partial charge in [0, 0.05) is 6.07 Å². The molecule has 98 valence electrons. The molecule has 7 heteroatoms. The number of imidazole rings is 1. The number of halogens is 3. The number of pyridine rings is 1. The first-order valence-corrected chi connectivity index (χ1v) is 5.80. The third-order valence-electron chi connectivity index (χ3n) is 2.48. The van der Waals surface area contributed by atoms with Gasteiger partial charge >= 0.3 is 0 Å². The van der Waals surface area contributed by atoms with Gasteiger partial charge in [-0.15, -0.1) is 11.6 Å². The van der Waals surface area contributed by atoms with Crippen LogP contribution in [0.4, 0.5) is 8.78 Å². The number of rotatable bonds is 4. The lowest BCUT2D eigenvalue weighted by molar-refractivity contribution is 0.126. The molecule has 4 nitrogen and oxygen atoms in total. The van der Waals surface area contributed by atoms with Gasteiger partial charge in [0.2, 0.25) is 5.88 Å². The van der Waals surface area contributed by atoms with Crippen LogP contribution in [0.2, 0.25) is 0 Å². The minimum Gasteiger partial charge on any atom is -0.481 e. The monoisotopic (exact) mass is 275 g/mol. The number of hydrogen-bond donors (Lipinski definition) is 0. The molecule has 2 heterocycles. The maximum atomic E-state index is 12.6. The van der Waals surface area contributed by atoms with Crippen LogP contribution in [0.25, 0.3) is 11.2 Å². The van der Waals surface area contributed by atoms with Gasteiger partial charge in [-0.2, -0.15) is 4.98 Å². The predicted molar refractivity (Wildman–Crippen MR) is 64.4 cm³/mol. The van der Waals surface area contributed by atoms with E-state index in [0.717, 1.165) is 0 Å². The smallest absolute Gasteiger partial charge is 0.256 e. The first-order chi connectivity index (χ1) is 8.52. The Morgan fingerprint density at radius 2 is 2.11 bits per heavy atom. The fraction of sp³-hybridized carbons (Fsp3) is 0.455. The third kappa shape index (κ3) is 2.38. The minimum atomic E-state index is -2.50. The molecule has 0 aliphatic carbocycles. The van der Waals surface area contributed by atoms with Crippen LogP contribution in [0.3, 0.4) is 0 Å². The second-order valence-electron chi connectivity index (χ2n) is 3.78. The van der Waals surface area contributed by atoms with E-state index in [0.29, 0.717) is 22.9 Å². The number of nitrogens with zero attached hydrogens (tertiary/aromatic N) is 3. The fourth-order valence-electron chi connectivity index (χ4n) is 1.74. The van der Waals surface area contributed by atoms with Crippen molar-refractivity contribution >= 4 is 22.8 Å². The second kappa shape index (κ2) is 5.06. The summed E-state index contributed by atoms with van der Waals surface area (Å²) in [6.07, 6.45) is -2.50. The Morgan fingerprint density at radius 1 is 1.39 bits per heavy atom. The lowest BCUT2D eigenvalue weighted by Gasteiger charge is -2.09. The topological polar surface area (TPSA) is 39.9 Å². The van der Waals surface area contributed by atoms with E-state index in [1.54, 1.807) is 19.1 Å². The molecule has 1 unspecified atom stereocenters. The normalized spacial score (nSPS) is 13.2. The molecule has 0 amide bonds. The summed E-state index contributed by atoms with van der Waals surface area (Å²) in [6.45, 7) is 1.20. The predicted octanol–water partition coefficient (Wildman–Crippen LogP) is 3.00. The van der Waals surface area contributed by atoms with Crippen LogP contribution >= 0.6 is 11.6 Å². The molecule has 0 radical (unpaired) electrons. The zero-order valence-electron chi connectivity index (χ0n) is 9.90. The molecule has 0 aliphatic heterocycles. The van der Waals surface area contributed by atoms with Crippen molar-refractivity contribution in [1.82, 2.24) is 14.5 Å². The summed E-state index contributed by atoms with van der Waals surface area (Å²) in [5.74, 6) is 0.736. The van der Waals surface area contributed by atoms with Crippen LogP contribution < -0.4 is 4.74 Å². The molecule has 2 rings (SSSR count). The van der Waals surface area contributed by atoms with E-state index in [9.17, 15) is 8.78 Å². The van der Waals surface area contributed by atoms with Crippen LogP contribution in [-0.4, -0.2) is 28.1 Å². The third-order valence-corrected chi connectivity index (χ3v) is 2.68. The van der Waals surface area contributed by atoms with E-state index in [1.807, 2.05) is 0 Å². The number of hydrogen-bond acceptors (Lipinski definition) is 3. The maximum absolute atomic E-state index is 12.6. The van der Waals surface area contributed by atoms with Crippen LogP contribution in [-0.2, 0) is 6.54 Å². The highest BCUT2D eigenvalue weighted by Gasteiger charge is 2.19. The molecular weight excluding hydrogens is 264 g/mol. The van der Waals surface area contributed by atoms with Gasteiger partial charge in [0.15, 0.2) is 5.65 Å². The van der Waals surface area contributed by atoms with Gasteiger partial charge in [-0.1, -0.05) is 0 Å². The van der Waals surface area contributed by atoms with Gasteiger partial charge in [0.05, 0.1) is 19.0 Å². The van der Waals surface area contributed by atoms with Gasteiger partial charge in [0.1, 0.15) is 11.3 Å². The van der Waals surface area contributed by atoms with Crippen molar-refractivity contribution in [3.8, 4) is 5.88 Å². The summed E-state index contributed by atoms with van der Waals surface area (Å²) in [7, 11) is 1.47. The molecule has 0 spiro atoms. The number of aromatic nitrogens is 3. The van der Waals surface area contributed by atoms with Crippen LogP contribution in [0.1, 0.15) is 18.1 Å². The number of alkyl halides is 3. The van der Waals surface area contributed by atoms with Gasteiger partial charge in [0.25, 0.3) is 6.43 Å². The van der Waals surface area contributed by atoms with Gasteiger partial charge in [-0.25, -0.2) is 13.8 Å². The van der Waals surface area contributed by atoms with Gasteiger partial charge < -0.3 is 9.30 Å². The van der Waals surface area contributed by atoms with Gasteiger partial charge in [-0.3, -0.25) is 0 Å². The Labute approximate surface area is 108 Å². The summed E-state index contributed by atoms with van der Waals surface area (Å²) < 4.78 is 31.5. The molecular formula is C11H12ClF2N3O. The van der Waals surface area contributed by atoms with Crippen molar-refractivity contribution in [2.24, 2.45) is 0 Å². The average molecular weight is 276 g/mol. The molecule has 2 aromatic rings. The summed E-state index contributed by atoms with van der Waals surface area (Å²) >= 11 is 5.95. The van der Waals surface area contributed by atoms with E-state index in [1.165, 1.54) is 11.7 Å². The van der Waals surface area contributed by atoms with Crippen molar-refractivity contribution in [2.75, 3.05) is 7.11 Å². The maximum Gasteiger partial charge on any atom is 0.256 e. The zero-order valence-corrected chi connectivity index (χ0v) is 10.7. The summed E-state index contributed by atoms with van der Waals surface area (Å²) in [5, 5.41) is -0.469. The first kappa shape index (κ1) is 13.0. The molecule has 0 bridgehead atoms. The quantitative estimate of drug-likeness (QED) is 0.805. The van der Waals surface area contributed by atoms with Crippen molar-refractivity contribution < 1.29 is 13.5 Å². The van der Waals surface area contributed by atoms with Crippen molar-refractivity contribution in [3.05, 3.63) is 18.0 Å². The largest absolute Gasteiger partial charge is 0.481 e. The highest BCUT2D eigenvalue weighted by molar-refractivity contribution is 6.20. The van der Waals surface area contributed by atoms with Crippen LogP contribution in [0, 0.1) is 0 Å². The SMILES string of the molecule is COc1ccc2nc(C(C)Cl)n(CC(F)F)c2n1.